The van der Waals surface area contributed by atoms with Crippen molar-refractivity contribution in [3.8, 4) is 11.5 Å². The third kappa shape index (κ3) is 3.53. The number of phenols is 1. The van der Waals surface area contributed by atoms with E-state index in [-0.39, 0.29) is 40.6 Å². The normalized spacial score (nSPS) is 17.2. The molecule has 3 N–H and O–H groups in total. The summed E-state index contributed by atoms with van der Waals surface area (Å²) in [4.78, 5) is 30.7. The van der Waals surface area contributed by atoms with Crippen molar-refractivity contribution in [2.24, 2.45) is 5.73 Å². The summed E-state index contributed by atoms with van der Waals surface area (Å²) in [6.07, 6.45) is 0. The minimum absolute atomic E-state index is 0.00810. The van der Waals surface area contributed by atoms with E-state index in [9.17, 15) is 14.7 Å². The second kappa shape index (κ2) is 7.94. The van der Waals surface area contributed by atoms with Gasteiger partial charge in [-0.25, -0.2) is 0 Å². The van der Waals surface area contributed by atoms with Crippen molar-refractivity contribution < 1.29 is 19.4 Å². The van der Waals surface area contributed by atoms with Crippen LogP contribution >= 0.6 is 0 Å². The molecule has 29 heavy (non-hydrogen) atoms. The maximum atomic E-state index is 13.1. The molecule has 7 heteroatoms. The van der Waals surface area contributed by atoms with Gasteiger partial charge in [0.25, 0.3) is 0 Å². The molecule has 0 unspecified atom stereocenters. The number of likely N-dealkylation sites (N-methyl/N-ethyl adjacent to an activating group) is 1. The monoisotopic (exact) mass is 395 g/mol. The van der Waals surface area contributed by atoms with E-state index in [1.807, 2.05) is 0 Å². The van der Waals surface area contributed by atoms with Crippen molar-refractivity contribution in [3.63, 3.8) is 0 Å². The molecule has 2 aromatic rings. The molecule has 1 aliphatic carbocycles. The van der Waals surface area contributed by atoms with Crippen LogP contribution in [0.4, 0.5) is 0 Å². The number of hydrogen-bond donors (Lipinski definition) is 2. The van der Waals surface area contributed by atoms with Gasteiger partial charge in [-0.05, 0) is 13.1 Å². The van der Waals surface area contributed by atoms with E-state index < -0.39 is 0 Å². The number of ketones is 2. The van der Waals surface area contributed by atoms with Gasteiger partial charge in [-0.15, -0.1) is 0 Å². The second-order valence-electron chi connectivity index (χ2n) is 7.53. The number of fused-ring (bicyclic) bond motifs is 2. The molecule has 1 aliphatic heterocycles. The molecule has 0 saturated carbocycles. The summed E-state index contributed by atoms with van der Waals surface area (Å²) in [5.41, 5.74) is 6.89. The number of phenolic OH excluding ortho intramolecular Hbond substituents is 1. The Bertz CT molecular complexity index is 965. The molecule has 0 atom stereocenters. The van der Waals surface area contributed by atoms with Crippen molar-refractivity contribution in [3.05, 3.63) is 58.1 Å². The topological polar surface area (TPSA) is 96.1 Å². The number of hydrogen-bond acceptors (Lipinski definition) is 7. The van der Waals surface area contributed by atoms with E-state index in [1.165, 1.54) is 0 Å². The number of rotatable bonds is 5. The van der Waals surface area contributed by atoms with Crippen molar-refractivity contribution in [2.45, 2.75) is 6.54 Å². The van der Waals surface area contributed by atoms with E-state index in [2.05, 4.69) is 16.8 Å². The van der Waals surface area contributed by atoms with E-state index in [4.69, 9.17) is 10.5 Å². The molecule has 1 saturated heterocycles. The summed E-state index contributed by atoms with van der Waals surface area (Å²) in [7, 11) is 2.10. The highest BCUT2D eigenvalue weighted by Gasteiger charge is 2.35. The smallest absolute Gasteiger partial charge is 0.198 e. The molecule has 2 aromatic carbocycles. The molecular weight excluding hydrogens is 370 g/mol. The zero-order valence-corrected chi connectivity index (χ0v) is 16.5. The fourth-order valence-electron chi connectivity index (χ4n) is 3.92. The Hall–Kier alpha value is -2.74. The molecule has 4 rings (SSSR count). The van der Waals surface area contributed by atoms with Crippen LogP contribution in [0.15, 0.2) is 30.3 Å². The highest BCUT2D eigenvalue weighted by atomic mass is 16.5. The lowest BCUT2D eigenvalue weighted by Gasteiger charge is -2.32. The van der Waals surface area contributed by atoms with Crippen LogP contribution in [0.1, 0.15) is 37.4 Å². The van der Waals surface area contributed by atoms with Crippen LogP contribution in [-0.2, 0) is 6.54 Å². The van der Waals surface area contributed by atoms with Crippen molar-refractivity contribution in [1.29, 1.82) is 0 Å². The lowest BCUT2D eigenvalue weighted by atomic mass is 9.82. The highest BCUT2D eigenvalue weighted by Crippen LogP contribution is 2.40. The highest BCUT2D eigenvalue weighted by molar-refractivity contribution is 6.30. The maximum absolute atomic E-state index is 13.1. The van der Waals surface area contributed by atoms with E-state index in [1.54, 1.807) is 30.3 Å². The third-order valence-electron chi connectivity index (χ3n) is 5.69. The number of ether oxygens (including phenoxy) is 1. The van der Waals surface area contributed by atoms with E-state index in [0.717, 1.165) is 32.7 Å². The Labute approximate surface area is 169 Å². The number of nitrogens with zero attached hydrogens (tertiary/aromatic N) is 2. The summed E-state index contributed by atoms with van der Waals surface area (Å²) >= 11 is 0. The molecule has 0 radical (unpaired) electrons. The van der Waals surface area contributed by atoms with Gasteiger partial charge in [-0.1, -0.05) is 24.3 Å². The number of nitrogens with two attached hydrogens (primary N) is 1. The number of carbonyl (C=O) groups excluding carboxylic acids is 2. The number of aromatic hydroxyl groups is 1. The summed E-state index contributed by atoms with van der Waals surface area (Å²) in [5.74, 6) is -0.627. The standard InChI is InChI=1S/C22H25N3O4/c1-24-6-8-25(9-7-24)10-11-29-17-12-14(13-23)20(26)19-18(17)21(27)15-4-2-3-5-16(15)22(19)28/h2-5,12,26H,6-11,13,23H2,1H3. The zero-order valence-electron chi connectivity index (χ0n) is 16.5. The van der Waals surface area contributed by atoms with Crippen LogP contribution in [0.3, 0.4) is 0 Å². The van der Waals surface area contributed by atoms with E-state index in [0.29, 0.717) is 23.5 Å². The summed E-state index contributed by atoms with van der Waals surface area (Å²) in [6.45, 7) is 5.09. The summed E-state index contributed by atoms with van der Waals surface area (Å²) in [6, 6.07) is 8.22. The predicted octanol–water partition coefficient (Wildman–Crippen LogP) is 1.25. The first-order valence-electron chi connectivity index (χ1n) is 9.82. The van der Waals surface area contributed by atoms with Crippen LogP contribution in [0, 0.1) is 0 Å². The number of carbonyl (C=O) groups is 2. The van der Waals surface area contributed by atoms with Gasteiger partial charge in [-0.2, -0.15) is 0 Å². The molecule has 1 fully saturated rings. The Morgan fingerprint density at radius 3 is 2.28 bits per heavy atom. The van der Waals surface area contributed by atoms with Gasteiger partial charge >= 0.3 is 0 Å². The average molecular weight is 395 g/mol. The fraction of sp³-hybridized carbons (Fsp3) is 0.364. The van der Waals surface area contributed by atoms with Gasteiger partial charge < -0.3 is 20.5 Å². The van der Waals surface area contributed by atoms with Gasteiger partial charge in [0, 0.05) is 56.0 Å². The first-order chi connectivity index (χ1) is 14.0. The second-order valence-corrected chi connectivity index (χ2v) is 7.53. The predicted molar refractivity (Wildman–Crippen MR) is 109 cm³/mol. The Morgan fingerprint density at radius 2 is 1.66 bits per heavy atom. The Morgan fingerprint density at radius 1 is 1.03 bits per heavy atom. The van der Waals surface area contributed by atoms with Gasteiger partial charge in [0.15, 0.2) is 11.6 Å². The molecule has 152 valence electrons. The fourth-order valence-corrected chi connectivity index (χ4v) is 3.92. The third-order valence-corrected chi connectivity index (χ3v) is 5.69. The zero-order chi connectivity index (χ0) is 20.5. The van der Waals surface area contributed by atoms with Gasteiger partial charge in [0.05, 0.1) is 11.1 Å². The lowest BCUT2D eigenvalue weighted by molar-refractivity contribution is 0.0970. The average Bonchev–Trinajstić information content (AvgIpc) is 2.74. The SMILES string of the molecule is CN1CCN(CCOc2cc(CN)c(O)c3c2C(=O)c2ccccc2C3=O)CC1. The maximum Gasteiger partial charge on any atom is 0.198 e. The van der Waals surface area contributed by atoms with Crippen molar-refractivity contribution in [2.75, 3.05) is 46.4 Å². The van der Waals surface area contributed by atoms with Crippen LogP contribution in [0.5, 0.6) is 11.5 Å². The lowest BCUT2D eigenvalue weighted by Crippen LogP contribution is -2.45. The largest absolute Gasteiger partial charge is 0.507 e. The van der Waals surface area contributed by atoms with Crippen LogP contribution in [0.25, 0.3) is 0 Å². The first kappa shape index (κ1) is 19.6. The molecular formula is C22H25N3O4. The molecule has 2 aliphatic rings. The van der Waals surface area contributed by atoms with Crippen LogP contribution in [-0.4, -0.2) is 72.9 Å². The van der Waals surface area contributed by atoms with Crippen molar-refractivity contribution >= 4 is 11.6 Å². The first-order valence-corrected chi connectivity index (χ1v) is 9.82. The Balaban J connectivity index is 1.64. The number of benzene rings is 2. The van der Waals surface area contributed by atoms with Crippen LogP contribution in [0.2, 0.25) is 0 Å². The molecule has 7 nitrogen and oxygen atoms in total. The summed E-state index contributed by atoms with van der Waals surface area (Å²) in [5, 5.41) is 10.6. The van der Waals surface area contributed by atoms with Crippen molar-refractivity contribution in [1.82, 2.24) is 9.80 Å². The van der Waals surface area contributed by atoms with Crippen LogP contribution < -0.4 is 10.5 Å². The molecule has 1 heterocycles. The molecule has 0 spiro atoms. The van der Waals surface area contributed by atoms with Gasteiger partial charge in [0.1, 0.15) is 18.1 Å². The Kier molecular flexibility index (Phi) is 5.36. The minimum atomic E-state index is -0.382. The van der Waals surface area contributed by atoms with Gasteiger partial charge in [-0.3, -0.25) is 14.5 Å². The number of piperazine rings is 1. The summed E-state index contributed by atoms with van der Waals surface area (Å²) < 4.78 is 5.97. The minimum Gasteiger partial charge on any atom is -0.507 e. The van der Waals surface area contributed by atoms with E-state index >= 15 is 0 Å². The molecule has 0 bridgehead atoms. The quantitative estimate of drug-likeness (QED) is 0.671. The molecule has 0 amide bonds. The molecule has 0 aromatic heterocycles. The van der Waals surface area contributed by atoms with Gasteiger partial charge in [0.2, 0.25) is 0 Å².